The van der Waals surface area contributed by atoms with Gasteiger partial charge in [-0.25, -0.2) is 13.1 Å². The summed E-state index contributed by atoms with van der Waals surface area (Å²) >= 11 is 7.04. The van der Waals surface area contributed by atoms with Crippen LogP contribution in [-0.4, -0.2) is 26.1 Å². The number of thiophene rings is 1. The first-order valence-electron chi connectivity index (χ1n) is 10.2. The molecule has 0 spiro atoms. The average molecular weight is 512 g/mol. The van der Waals surface area contributed by atoms with E-state index in [9.17, 15) is 13.2 Å². The highest BCUT2D eigenvalue weighted by Crippen LogP contribution is 2.35. The van der Waals surface area contributed by atoms with Gasteiger partial charge in [0.25, 0.3) is 21.8 Å². The molecule has 0 saturated heterocycles. The monoisotopic (exact) mass is 511 g/mol. The molecule has 3 rings (SSSR count). The minimum absolute atomic E-state index is 0.0267. The van der Waals surface area contributed by atoms with E-state index < -0.39 is 15.9 Å². The predicted molar refractivity (Wildman–Crippen MR) is 130 cm³/mol. The Morgan fingerprint density at radius 1 is 1.24 bits per heavy atom. The number of halogens is 1. The van der Waals surface area contributed by atoms with Crippen LogP contribution in [0.3, 0.4) is 0 Å². The number of carbonyl (C=O) groups excluding carboxylic acids is 1. The molecule has 0 aliphatic rings. The molecule has 0 aliphatic carbocycles. The fourth-order valence-electron chi connectivity index (χ4n) is 3.28. The first kappa shape index (κ1) is 25.1. The lowest BCUT2D eigenvalue weighted by Gasteiger charge is -2.19. The Morgan fingerprint density at radius 2 is 1.94 bits per heavy atom. The average Bonchev–Trinajstić information content (AvgIpc) is 3.34. The van der Waals surface area contributed by atoms with Crippen LogP contribution in [0, 0.1) is 33.6 Å². The summed E-state index contributed by atoms with van der Waals surface area (Å²) in [7, 11) is -4.14. The van der Waals surface area contributed by atoms with Gasteiger partial charge in [0.2, 0.25) is 0 Å². The maximum Gasteiger partial charge on any atom is 0.267 e. The van der Waals surface area contributed by atoms with E-state index >= 15 is 0 Å². The van der Waals surface area contributed by atoms with Gasteiger partial charge in [-0.3, -0.25) is 4.79 Å². The Bertz CT molecular complexity index is 1300. The van der Waals surface area contributed by atoms with E-state index in [2.05, 4.69) is 29.0 Å². The first-order valence-corrected chi connectivity index (χ1v) is 12.9. The molecule has 2 heterocycles. The molecule has 0 fully saturated rings. The second kappa shape index (κ2) is 9.74. The van der Waals surface area contributed by atoms with Crippen LogP contribution in [0.5, 0.6) is 5.75 Å². The Labute approximate surface area is 202 Å². The van der Waals surface area contributed by atoms with E-state index in [0.717, 1.165) is 28.0 Å². The fraction of sp³-hybridized carbons (Fsp3) is 0.364. The fourth-order valence-corrected chi connectivity index (χ4v) is 5.77. The lowest BCUT2D eigenvalue weighted by molar-refractivity contribution is 0.102. The van der Waals surface area contributed by atoms with Crippen LogP contribution in [0.25, 0.3) is 0 Å². The Hall–Kier alpha value is -2.56. The first-order chi connectivity index (χ1) is 15.4. The molecule has 2 N–H and O–H groups in total. The minimum atomic E-state index is -4.14. The molecule has 0 unspecified atom stereocenters. The van der Waals surface area contributed by atoms with Gasteiger partial charge < -0.3 is 14.6 Å². The van der Waals surface area contributed by atoms with E-state index in [-0.39, 0.29) is 20.7 Å². The highest BCUT2D eigenvalue weighted by molar-refractivity contribution is 7.93. The van der Waals surface area contributed by atoms with Crippen molar-refractivity contribution in [2.24, 2.45) is 5.92 Å². The number of ether oxygens (including phenoxy) is 1. The van der Waals surface area contributed by atoms with Crippen molar-refractivity contribution in [3.63, 3.8) is 0 Å². The quantitative estimate of drug-likeness (QED) is 0.400. The van der Waals surface area contributed by atoms with Crippen molar-refractivity contribution in [2.75, 3.05) is 16.6 Å². The number of anilines is 2. The van der Waals surface area contributed by atoms with E-state index in [1.807, 2.05) is 26.8 Å². The van der Waals surface area contributed by atoms with E-state index in [1.54, 1.807) is 6.92 Å². The Balaban J connectivity index is 1.91. The third-order valence-corrected chi connectivity index (χ3v) is 7.70. The summed E-state index contributed by atoms with van der Waals surface area (Å²) in [5, 5.41) is 8.08. The van der Waals surface area contributed by atoms with Crippen molar-refractivity contribution in [1.29, 1.82) is 0 Å². The van der Waals surface area contributed by atoms with E-state index in [4.69, 9.17) is 20.9 Å². The zero-order chi connectivity index (χ0) is 24.5. The summed E-state index contributed by atoms with van der Waals surface area (Å²) in [4.78, 5) is 13.0. The molecular weight excluding hydrogens is 486 g/mol. The maximum atomic E-state index is 13.1. The van der Waals surface area contributed by atoms with Crippen LogP contribution in [0.15, 0.2) is 26.9 Å². The van der Waals surface area contributed by atoms with Gasteiger partial charge in [-0.1, -0.05) is 36.7 Å². The highest BCUT2D eigenvalue weighted by atomic mass is 35.5. The van der Waals surface area contributed by atoms with Crippen molar-refractivity contribution in [3.8, 4) is 5.75 Å². The lowest BCUT2D eigenvalue weighted by Crippen LogP contribution is -2.19. The van der Waals surface area contributed by atoms with E-state index in [0.29, 0.717) is 29.7 Å². The minimum Gasteiger partial charge on any atom is -0.493 e. The smallest absolute Gasteiger partial charge is 0.267 e. The van der Waals surface area contributed by atoms with Crippen LogP contribution < -0.4 is 14.8 Å². The van der Waals surface area contributed by atoms with Gasteiger partial charge in [0.1, 0.15) is 26.2 Å². The third kappa shape index (κ3) is 5.34. The molecule has 2 aromatic heterocycles. The molecule has 0 saturated carbocycles. The lowest BCUT2D eigenvalue weighted by atomic mass is 10.0. The summed E-state index contributed by atoms with van der Waals surface area (Å²) < 4.78 is 39.0. The maximum absolute atomic E-state index is 13.1. The molecule has 1 amide bonds. The Morgan fingerprint density at radius 3 is 2.55 bits per heavy atom. The second-order valence-electron chi connectivity index (χ2n) is 8.13. The van der Waals surface area contributed by atoms with Gasteiger partial charge in [-0.15, -0.1) is 11.3 Å². The largest absolute Gasteiger partial charge is 0.493 e. The number of amides is 1. The molecule has 33 heavy (non-hydrogen) atoms. The van der Waals surface area contributed by atoms with Crippen LogP contribution in [0.1, 0.15) is 45.9 Å². The van der Waals surface area contributed by atoms with Crippen LogP contribution >= 0.6 is 22.9 Å². The van der Waals surface area contributed by atoms with Crippen molar-refractivity contribution < 1.29 is 22.5 Å². The number of carbonyl (C=O) groups is 1. The molecular formula is C22H26ClN3O5S2. The number of aryl methyl sites for hydroxylation is 3. The molecule has 8 nitrogen and oxygen atoms in total. The summed E-state index contributed by atoms with van der Waals surface area (Å²) in [6, 6.07) is 3.28. The summed E-state index contributed by atoms with van der Waals surface area (Å²) in [6.07, 6.45) is 0. The molecule has 3 aromatic rings. The van der Waals surface area contributed by atoms with Gasteiger partial charge in [0.05, 0.1) is 12.3 Å². The van der Waals surface area contributed by atoms with Crippen molar-refractivity contribution >= 4 is 50.4 Å². The molecule has 0 aliphatic heterocycles. The van der Waals surface area contributed by atoms with Crippen molar-refractivity contribution in [2.45, 2.75) is 46.4 Å². The van der Waals surface area contributed by atoms with Crippen LogP contribution in [-0.2, 0) is 10.0 Å². The highest BCUT2D eigenvalue weighted by Gasteiger charge is 2.27. The van der Waals surface area contributed by atoms with Crippen LogP contribution in [0.2, 0.25) is 5.02 Å². The van der Waals surface area contributed by atoms with Gasteiger partial charge >= 0.3 is 0 Å². The number of sulfonamides is 1. The van der Waals surface area contributed by atoms with Crippen molar-refractivity contribution in [3.05, 3.63) is 49.8 Å². The van der Waals surface area contributed by atoms with Gasteiger partial charge in [0.15, 0.2) is 0 Å². The van der Waals surface area contributed by atoms with Crippen LogP contribution in [0.4, 0.5) is 11.6 Å². The summed E-state index contributed by atoms with van der Waals surface area (Å²) in [5.74, 6) is 0.302. The number of nitrogens with zero attached hydrogens (tertiary/aromatic N) is 1. The van der Waals surface area contributed by atoms with Gasteiger partial charge in [0, 0.05) is 5.56 Å². The normalized spacial score (nSPS) is 11.6. The van der Waals surface area contributed by atoms with Gasteiger partial charge in [-0.2, -0.15) is 0 Å². The SMILES string of the molecule is Cc1cc(C)c(OCC(C)C)c(C)c1NC(=O)c1sccc1S(=O)(=O)Nc1onc(C)c1Cl. The topological polar surface area (TPSA) is 111 Å². The molecule has 0 bridgehead atoms. The van der Waals surface area contributed by atoms with E-state index in [1.165, 1.54) is 11.4 Å². The summed E-state index contributed by atoms with van der Waals surface area (Å²) in [5.41, 5.74) is 3.52. The number of aromatic nitrogens is 1. The molecule has 0 atom stereocenters. The second-order valence-corrected chi connectivity index (χ2v) is 11.1. The number of hydrogen-bond acceptors (Lipinski definition) is 7. The third-order valence-electron chi connectivity index (χ3n) is 4.84. The zero-order valence-electron chi connectivity index (χ0n) is 19.2. The van der Waals surface area contributed by atoms with Crippen molar-refractivity contribution in [1.82, 2.24) is 5.16 Å². The predicted octanol–water partition coefficient (Wildman–Crippen LogP) is 5.71. The molecule has 11 heteroatoms. The van der Waals surface area contributed by atoms with Gasteiger partial charge in [-0.05, 0) is 56.2 Å². The number of rotatable bonds is 8. The number of nitrogens with one attached hydrogen (secondary N) is 2. The standard InChI is InChI=1S/C22H26ClN3O5S2/c1-11(2)10-30-19-13(4)9-12(3)18(14(19)5)24-21(27)20-16(7-8-32-20)33(28,29)26-22-17(23)15(6)25-31-22/h7-9,11,26H,10H2,1-6H3,(H,24,27). The molecule has 0 radical (unpaired) electrons. The number of benzene rings is 1. The molecule has 1 aromatic carbocycles. The number of hydrogen-bond donors (Lipinski definition) is 2. The summed E-state index contributed by atoms with van der Waals surface area (Å²) in [6.45, 7) is 11.9. The Kier molecular flexibility index (Phi) is 7.40. The zero-order valence-corrected chi connectivity index (χ0v) is 21.6. The molecule has 178 valence electrons.